The molecule has 6 aromatic rings. The first-order chi connectivity index (χ1) is 17.1. The first-order valence-electron chi connectivity index (χ1n) is 10.8. The number of aromatic amines is 1. The van der Waals surface area contributed by atoms with Gasteiger partial charge in [-0.15, -0.1) is 0 Å². The molecule has 6 rings (SSSR count). The highest BCUT2D eigenvalue weighted by Gasteiger charge is 2.19. The molecule has 9 heteroatoms. The lowest BCUT2D eigenvalue weighted by molar-refractivity contribution is 0.888. The molecule has 0 saturated carbocycles. The second-order valence-electron chi connectivity index (χ2n) is 7.78. The number of hydrogen-bond acceptors (Lipinski definition) is 6. The van der Waals surface area contributed by atoms with E-state index in [9.17, 15) is 14.4 Å². The SMILES string of the molecule is O=c1c2nc3c(=O)n(-c4ccccc4)c(=O)[nH]c3nc2nc(-c2ccccc2)n1-c1ccccc1. The number of fused-ring (bicyclic) bond motifs is 2. The van der Waals surface area contributed by atoms with E-state index in [0.717, 1.165) is 4.57 Å². The van der Waals surface area contributed by atoms with E-state index in [1.54, 1.807) is 42.5 Å². The summed E-state index contributed by atoms with van der Waals surface area (Å²) in [4.78, 5) is 55.7. The quantitative estimate of drug-likeness (QED) is 0.406. The van der Waals surface area contributed by atoms with E-state index in [-0.39, 0.29) is 22.3 Å². The topological polar surface area (TPSA) is 116 Å². The minimum absolute atomic E-state index is 0.0287. The molecule has 0 spiro atoms. The molecule has 0 aliphatic heterocycles. The van der Waals surface area contributed by atoms with E-state index in [4.69, 9.17) is 0 Å². The Kier molecular flexibility index (Phi) is 4.67. The number of aromatic nitrogens is 6. The zero-order valence-electron chi connectivity index (χ0n) is 18.1. The number of H-pyrrole nitrogens is 1. The maximum absolute atomic E-state index is 13.7. The summed E-state index contributed by atoms with van der Waals surface area (Å²) >= 11 is 0. The second kappa shape index (κ2) is 7.99. The van der Waals surface area contributed by atoms with Crippen molar-refractivity contribution in [2.45, 2.75) is 0 Å². The normalized spacial score (nSPS) is 11.2. The standard InChI is InChI=1S/C26H16N6O3/c33-24-19-21(29-23(16-10-4-1-5-11-16)31(24)17-12-6-2-7-13-17)28-22-20(27-19)25(34)32(26(35)30-22)18-14-8-3-9-15-18/h1-15H,(H,28,30,35). The van der Waals surface area contributed by atoms with Crippen molar-refractivity contribution in [2.75, 3.05) is 0 Å². The van der Waals surface area contributed by atoms with Gasteiger partial charge in [0.1, 0.15) is 5.82 Å². The van der Waals surface area contributed by atoms with Crippen LogP contribution in [-0.4, -0.2) is 29.1 Å². The molecule has 0 aliphatic carbocycles. The van der Waals surface area contributed by atoms with Crippen LogP contribution < -0.4 is 16.8 Å². The van der Waals surface area contributed by atoms with Gasteiger partial charge in [-0.25, -0.2) is 24.3 Å². The molecule has 3 heterocycles. The van der Waals surface area contributed by atoms with Gasteiger partial charge in [-0.2, -0.15) is 0 Å². The summed E-state index contributed by atoms with van der Waals surface area (Å²) in [7, 11) is 0. The Morgan fingerprint density at radius 1 is 0.571 bits per heavy atom. The Hall–Kier alpha value is -5.18. The number of benzene rings is 3. The van der Waals surface area contributed by atoms with E-state index < -0.39 is 16.8 Å². The number of para-hydroxylation sites is 2. The molecule has 0 aliphatic rings. The molecule has 0 radical (unpaired) electrons. The minimum Gasteiger partial charge on any atom is -0.289 e. The van der Waals surface area contributed by atoms with Crippen LogP contribution in [0.2, 0.25) is 0 Å². The fourth-order valence-corrected chi connectivity index (χ4v) is 4.00. The Balaban J connectivity index is 1.72. The van der Waals surface area contributed by atoms with Gasteiger partial charge in [0.2, 0.25) is 0 Å². The van der Waals surface area contributed by atoms with Gasteiger partial charge in [-0.1, -0.05) is 66.7 Å². The Labute approximate surface area is 196 Å². The van der Waals surface area contributed by atoms with Crippen LogP contribution in [0.25, 0.3) is 45.1 Å². The van der Waals surface area contributed by atoms with Crippen LogP contribution in [0.1, 0.15) is 0 Å². The van der Waals surface area contributed by atoms with Gasteiger partial charge in [0.05, 0.1) is 11.4 Å². The molecule has 0 bridgehead atoms. The van der Waals surface area contributed by atoms with Crippen molar-refractivity contribution in [3.8, 4) is 22.8 Å². The van der Waals surface area contributed by atoms with Crippen LogP contribution in [0.3, 0.4) is 0 Å². The Morgan fingerprint density at radius 2 is 1.11 bits per heavy atom. The molecule has 1 N–H and O–H groups in total. The van der Waals surface area contributed by atoms with Gasteiger partial charge in [0, 0.05) is 5.56 Å². The lowest BCUT2D eigenvalue weighted by Crippen LogP contribution is -2.34. The van der Waals surface area contributed by atoms with E-state index in [2.05, 4.69) is 19.9 Å². The molecule has 0 amide bonds. The summed E-state index contributed by atoms with van der Waals surface area (Å²) in [5, 5.41) is 0. The molecular formula is C26H16N6O3. The molecule has 9 nitrogen and oxygen atoms in total. The van der Waals surface area contributed by atoms with Gasteiger partial charge in [0.15, 0.2) is 22.3 Å². The molecule has 3 aromatic heterocycles. The maximum Gasteiger partial charge on any atom is 0.334 e. The molecule has 0 atom stereocenters. The predicted octanol–water partition coefficient (Wildman–Crippen LogP) is 2.84. The van der Waals surface area contributed by atoms with Crippen molar-refractivity contribution in [2.24, 2.45) is 0 Å². The number of rotatable bonds is 3. The van der Waals surface area contributed by atoms with E-state index in [1.807, 2.05) is 48.5 Å². The summed E-state index contributed by atoms with van der Waals surface area (Å²) in [6.07, 6.45) is 0. The lowest BCUT2D eigenvalue weighted by Gasteiger charge is -2.13. The highest BCUT2D eigenvalue weighted by atomic mass is 16.2. The maximum atomic E-state index is 13.7. The largest absolute Gasteiger partial charge is 0.334 e. The third kappa shape index (κ3) is 3.34. The van der Waals surface area contributed by atoms with Gasteiger partial charge >= 0.3 is 5.69 Å². The van der Waals surface area contributed by atoms with Gasteiger partial charge < -0.3 is 0 Å². The summed E-state index contributed by atoms with van der Waals surface area (Å²) in [5.74, 6) is 0.364. The van der Waals surface area contributed by atoms with Crippen molar-refractivity contribution >= 4 is 22.3 Å². The first-order valence-corrected chi connectivity index (χ1v) is 10.8. The molecule has 0 unspecified atom stereocenters. The average Bonchev–Trinajstić information content (AvgIpc) is 2.89. The predicted molar refractivity (Wildman–Crippen MR) is 132 cm³/mol. The third-order valence-electron chi connectivity index (χ3n) is 5.60. The van der Waals surface area contributed by atoms with Crippen LogP contribution in [0.4, 0.5) is 0 Å². The first kappa shape index (κ1) is 20.4. The van der Waals surface area contributed by atoms with Crippen molar-refractivity contribution in [1.82, 2.24) is 29.1 Å². The molecule has 0 fully saturated rings. The summed E-state index contributed by atoms with van der Waals surface area (Å²) in [5.41, 5.74) is -0.375. The number of hydrogen-bond donors (Lipinski definition) is 1. The molecule has 0 saturated heterocycles. The van der Waals surface area contributed by atoms with Gasteiger partial charge in [-0.05, 0) is 24.3 Å². The van der Waals surface area contributed by atoms with Crippen LogP contribution in [-0.2, 0) is 0 Å². The van der Waals surface area contributed by atoms with Crippen molar-refractivity contribution in [1.29, 1.82) is 0 Å². The van der Waals surface area contributed by atoms with Crippen molar-refractivity contribution < 1.29 is 0 Å². The fraction of sp³-hybridized carbons (Fsp3) is 0. The van der Waals surface area contributed by atoms with E-state index >= 15 is 0 Å². The van der Waals surface area contributed by atoms with Crippen molar-refractivity contribution in [3.05, 3.63) is 122 Å². The third-order valence-corrected chi connectivity index (χ3v) is 5.60. The van der Waals surface area contributed by atoms with Gasteiger partial charge in [-0.3, -0.25) is 19.1 Å². The summed E-state index contributed by atoms with van der Waals surface area (Å²) < 4.78 is 2.41. The monoisotopic (exact) mass is 460 g/mol. The Morgan fingerprint density at radius 3 is 1.74 bits per heavy atom. The summed E-state index contributed by atoms with van der Waals surface area (Å²) in [6.45, 7) is 0. The van der Waals surface area contributed by atoms with Crippen molar-refractivity contribution in [3.63, 3.8) is 0 Å². The highest BCUT2D eigenvalue weighted by Crippen LogP contribution is 2.21. The molecule has 168 valence electrons. The lowest BCUT2D eigenvalue weighted by atomic mass is 10.2. The van der Waals surface area contributed by atoms with Crippen LogP contribution in [0.5, 0.6) is 0 Å². The zero-order valence-corrected chi connectivity index (χ0v) is 18.1. The minimum atomic E-state index is -0.679. The highest BCUT2D eigenvalue weighted by molar-refractivity contribution is 5.82. The van der Waals surface area contributed by atoms with E-state index in [0.29, 0.717) is 22.8 Å². The molecular weight excluding hydrogens is 444 g/mol. The number of nitrogens with one attached hydrogen (secondary N) is 1. The zero-order chi connectivity index (χ0) is 23.9. The average molecular weight is 460 g/mol. The summed E-state index contributed by atoms with van der Waals surface area (Å²) in [6, 6.07) is 26.7. The molecule has 3 aromatic carbocycles. The fourth-order valence-electron chi connectivity index (χ4n) is 4.00. The van der Waals surface area contributed by atoms with Gasteiger partial charge in [0.25, 0.3) is 11.1 Å². The smallest absolute Gasteiger partial charge is 0.289 e. The van der Waals surface area contributed by atoms with Crippen LogP contribution in [0.15, 0.2) is 105 Å². The molecule has 35 heavy (non-hydrogen) atoms. The Bertz CT molecular complexity index is 1890. The van der Waals surface area contributed by atoms with Crippen LogP contribution in [0, 0.1) is 0 Å². The van der Waals surface area contributed by atoms with E-state index in [1.165, 1.54) is 4.57 Å². The number of nitrogens with zero attached hydrogens (tertiary/aromatic N) is 5. The second-order valence-corrected chi connectivity index (χ2v) is 7.78. The van der Waals surface area contributed by atoms with Crippen LogP contribution >= 0.6 is 0 Å².